The van der Waals surface area contributed by atoms with E-state index in [4.69, 9.17) is 0 Å². The Balaban J connectivity index is 2.12. The van der Waals surface area contributed by atoms with Crippen molar-refractivity contribution in [3.05, 3.63) is 0 Å². The van der Waals surface area contributed by atoms with E-state index in [1.807, 2.05) is 0 Å². The summed E-state index contributed by atoms with van der Waals surface area (Å²) in [6.45, 7) is 2.84. The highest BCUT2D eigenvalue weighted by atomic mass is 32.2. The molecule has 1 aliphatic rings. The van der Waals surface area contributed by atoms with E-state index >= 15 is 0 Å². The van der Waals surface area contributed by atoms with Crippen LogP contribution in [0.15, 0.2) is 0 Å². The average Bonchev–Trinajstić information content (AvgIpc) is 2.28. The maximum absolute atomic E-state index is 11.9. The van der Waals surface area contributed by atoms with Crippen LogP contribution in [0.4, 0.5) is 13.2 Å². The van der Waals surface area contributed by atoms with E-state index in [-0.39, 0.29) is 24.1 Å². The molecule has 0 aromatic rings. The summed E-state index contributed by atoms with van der Waals surface area (Å²) in [5, 5.41) is 13.2. The Morgan fingerprint density at radius 3 is 2.44 bits per heavy atom. The van der Waals surface area contributed by atoms with Gasteiger partial charge >= 0.3 is 5.51 Å². The third-order valence-electron chi connectivity index (χ3n) is 3.61. The molecular formula is C12H22F3NOS. The first-order chi connectivity index (χ1) is 8.35. The Labute approximate surface area is 111 Å². The second-order valence-corrected chi connectivity index (χ2v) is 6.21. The minimum Gasteiger partial charge on any atom is -0.389 e. The Hall–Kier alpha value is 0.0600. The van der Waals surface area contributed by atoms with Crippen LogP contribution in [-0.2, 0) is 0 Å². The molecule has 0 spiro atoms. The van der Waals surface area contributed by atoms with Crippen LogP contribution >= 0.6 is 11.8 Å². The molecule has 2 N–H and O–H groups in total. The third-order valence-corrected chi connectivity index (χ3v) is 4.35. The lowest BCUT2D eigenvalue weighted by Gasteiger charge is -2.36. The van der Waals surface area contributed by atoms with Crippen molar-refractivity contribution >= 4 is 11.8 Å². The van der Waals surface area contributed by atoms with Crippen molar-refractivity contribution < 1.29 is 18.3 Å². The third kappa shape index (κ3) is 6.29. The minimum absolute atomic E-state index is 0.00281. The summed E-state index contributed by atoms with van der Waals surface area (Å²) < 4.78 is 35.6. The molecule has 1 saturated carbocycles. The van der Waals surface area contributed by atoms with E-state index in [9.17, 15) is 18.3 Å². The zero-order chi connectivity index (χ0) is 13.6. The molecule has 0 aliphatic heterocycles. The van der Waals surface area contributed by atoms with Crippen molar-refractivity contribution in [1.82, 2.24) is 5.32 Å². The maximum atomic E-state index is 11.9. The van der Waals surface area contributed by atoms with Gasteiger partial charge in [0.15, 0.2) is 0 Å². The Morgan fingerprint density at radius 1 is 1.33 bits per heavy atom. The molecule has 2 nitrogen and oxygen atoms in total. The van der Waals surface area contributed by atoms with Gasteiger partial charge in [0.1, 0.15) is 0 Å². The highest BCUT2D eigenvalue weighted by molar-refractivity contribution is 8.00. The number of rotatable bonds is 6. The first-order valence-corrected chi connectivity index (χ1v) is 7.47. The highest BCUT2D eigenvalue weighted by Crippen LogP contribution is 2.33. The standard InChI is InChI=1S/C12H22F3NOS/c1-2-10-3-5-11(17,6-4-10)9-16-7-8-18-12(13,14)15/h10,16-17H,2-9H2,1H3. The van der Waals surface area contributed by atoms with Crippen molar-refractivity contribution in [2.24, 2.45) is 5.92 Å². The SMILES string of the molecule is CCC1CCC(O)(CNCCSC(F)(F)F)CC1. The Bertz CT molecular complexity index is 240. The summed E-state index contributed by atoms with van der Waals surface area (Å²) in [4.78, 5) is 0. The number of hydrogen-bond donors (Lipinski definition) is 2. The molecule has 0 bridgehead atoms. The molecule has 0 aromatic carbocycles. The van der Waals surface area contributed by atoms with Crippen LogP contribution in [0.5, 0.6) is 0 Å². The number of alkyl halides is 3. The van der Waals surface area contributed by atoms with Crippen LogP contribution in [0.1, 0.15) is 39.0 Å². The fourth-order valence-corrected chi connectivity index (χ4v) is 2.84. The quantitative estimate of drug-likeness (QED) is 0.735. The van der Waals surface area contributed by atoms with Gasteiger partial charge in [-0.15, -0.1) is 0 Å². The van der Waals surface area contributed by atoms with E-state index in [2.05, 4.69) is 12.2 Å². The van der Waals surface area contributed by atoms with E-state index in [0.29, 0.717) is 12.5 Å². The summed E-state index contributed by atoms with van der Waals surface area (Å²) in [5.74, 6) is 0.697. The molecule has 108 valence electrons. The van der Waals surface area contributed by atoms with Gasteiger partial charge in [-0.1, -0.05) is 13.3 Å². The second-order valence-electron chi connectivity index (χ2n) is 5.05. The Kier molecular flexibility index (Phi) is 6.27. The number of hydrogen-bond acceptors (Lipinski definition) is 3. The molecule has 6 heteroatoms. The molecule has 0 unspecified atom stereocenters. The van der Waals surface area contributed by atoms with Gasteiger partial charge in [-0.05, 0) is 43.4 Å². The molecular weight excluding hydrogens is 263 g/mol. The molecule has 0 atom stereocenters. The normalized spacial score (nSPS) is 29.5. The summed E-state index contributed by atoms with van der Waals surface area (Å²) in [6.07, 6.45) is 4.69. The predicted octanol–water partition coefficient (Wildman–Crippen LogP) is 3.16. The smallest absolute Gasteiger partial charge is 0.389 e. The van der Waals surface area contributed by atoms with Crippen molar-refractivity contribution in [1.29, 1.82) is 0 Å². The highest BCUT2D eigenvalue weighted by Gasteiger charge is 2.32. The lowest BCUT2D eigenvalue weighted by molar-refractivity contribution is -0.0327. The Morgan fingerprint density at radius 2 is 1.94 bits per heavy atom. The summed E-state index contributed by atoms with van der Waals surface area (Å²) >= 11 is -0.0210. The van der Waals surface area contributed by atoms with Crippen molar-refractivity contribution in [2.45, 2.75) is 50.1 Å². The van der Waals surface area contributed by atoms with Crippen molar-refractivity contribution in [2.75, 3.05) is 18.8 Å². The molecule has 1 rings (SSSR count). The first kappa shape index (κ1) is 16.1. The van der Waals surface area contributed by atoms with Gasteiger partial charge in [0.25, 0.3) is 0 Å². The monoisotopic (exact) mass is 285 g/mol. The van der Waals surface area contributed by atoms with Gasteiger partial charge in [-0.2, -0.15) is 13.2 Å². The van der Waals surface area contributed by atoms with Gasteiger partial charge in [-0.25, -0.2) is 0 Å². The topological polar surface area (TPSA) is 32.3 Å². The van der Waals surface area contributed by atoms with Gasteiger partial charge in [-0.3, -0.25) is 0 Å². The second kappa shape index (κ2) is 7.01. The lowest BCUT2D eigenvalue weighted by atomic mass is 9.78. The van der Waals surface area contributed by atoms with Crippen molar-refractivity contribution in [3.63, 3.8) is 0 Å². The summed E-state index contributed by atoms with van der Waals surface area (Å²) in [5.41, 5.74) is -4.87. The van der Waals surface area contributed by atoms with Crippen LogP contribution in [-0.4, -0.2) is 35.1 Å². The number of nitrogens with one attached hydrogen (secondary N) is 1. The minimum atomic E-state index is -4.15. The zero-order valence-corrected chi connectivity index (χ0v) is 11.5. The average molecular weight is 285 g/mol. The molecule has 0 heterocycles. The predicted molar refractivity (Wildman–Crippen MR) is 68.6 cm³/mol. The molecule has 0 amide bonds. The van der Waals surface area contributed by atoms with Gasteiger partial charge in [0.2, 0.25) is 0 Å². The first-order valence-electron chi connectivity index (χ1n) is 6.48. The van der Waals surface area contributed by atoms with Crippen LogP contribution < -0.4 is 5.32 Å². The van der Waals surface area contributed by atoms with Crippen LogP contribution in [0.2, 0.25) is 0 Å². The number of halogens is 3. The lowest BCUT2D eigenvalue weighted by Crippen LogP contribution is -2.44. The molecule has 0 aromatic heterocycles. The number of thioether (sulfide) groups is 1. The molecule has 0 saturated heterocycles. The fourth-order valence-electron chi connectivity index (χ4n) is 2.36. The maximum Gasteiger partial charge on any atom is 0.441 e. The van der Waals surface area contributed by atoms with Crippen LogP contribution in [0, 0.1) is 5.92 Å². The summed E-state index contributed by atoms with van der Waals surface area (Å²) in [7, 11) is 0. The van der Waals surface area contributed by atoms with Crippen LogP contribution in [0.3, 0.4) is 0 Å². The molecule has 1 aliphatic carbocycles. The van der Waals surface area contributed by atoms with Gasteiger partial charge < -0.3 is 10.4 Å². The van der Waals surface area contributed by atoms with E-state index in [0.717, 1.165) is 32.1 Å². The largest absolute Gasteiger partial charge is 0.441 e. The van der Waals surface area contributed by atoms with Crippen molar-refractivity contribution in [3.8, 4) is 0 Å². The van der Waals surface area contributed by atoms with Gasteiger partial charge in [0, 0.05) is 18.8 Å². The zero-order valence-electron chi connectivity index (χ0n) is 10.7. The fraction of sp³-hybridized carbons (Fsp3) is 1.00. The molecule has 0 radical (unpaired) electrons. The number of aliphatic hydroxyl groups is 1. The van der Waals surface area contributed by atoms with E-state index in [1.165, 1.54) is 0 Å². The molecule has 18 heavy (non-hydrogen) atoms. The van der Waals surface area contributed by atoms with E-state index < -0.39 is 11.1 Å². The van der Waals surface area contributed by atoms with Gasteiger partial charge in [0.05, 0.1) is 5.60 Å². The van der Waals surface area contributed by atoms with E-state index in [1.54, 1.807) is 0 Å². The van der Waals surface area contributed by atoms with Crippen LogP contribution in [0.25, 0.3) is 0 Å². The summed E-state index contributed by atoms with van der Waals surface area (Å²) in [6, 6.07) is 0. The molecule has 1 fully saturated rings.